The highest BCUT2D eigenvalue weighted by Gasteiger charge is 2.44. The van der Waals surface area contributed by atoms with E-state index in [9.17, 15) is 20.4 Å². The SMILES string of the molecule is CC(C)N(CCc1c[nH]c2ccc(OC3OC(CO)C(O)C(O)C3O)cc12)C(C)C. The smallest absolute Gasteiger partial charge is 0.229 e. The van der Waals surface area contributed by atoms with Crippen molar-refractivity contribution in [2.75, 3.05) is 13.2 Å². The molecule has 1 aliphatic heterocycles. The number of benzene rings is 1. The maximum absolute atomic E-state index is 10.2. The second kappa shape index (κ2) is 9.64. The van der Waals surface area contributed by atoms with Crippen LogP contribution in [0.25, 0.3) is 10.9 Å². The predicted molar refractivity (Wildman–Crippen MR) is 113 cm³/mol. The number of ether oxygens (including phenoxy) is 2. The minimum atomic E-state index is -1.47. The largest absolute Gasteiger partial charge is 0.462 e. The molecule has 8 nitrogen and oxygen atoms in total. The van der Waals surface area contributed by atoms with E-state index >= 15 is 0 Å². The molecule has 5 unspecified atom stereocenters. The second-order valence-electron chi connectivity index (χ2n) is 8.51. The maximum Gasteiger partial charge on any atom is 0.229 e. The average molecular weight is 423 g/mol. The highest BCUT2D eigenvalue weighted by Crippen LogP contribution is 2.28. The summed E-state index contributed by atoms with van der Waals surface area (Å²) >= 11 is 0. The third-order valence-corrected chi connectivity index (χ3v) is 5.81. The molecule has 0 spiro atoms. The first-order valence-electron chi connectivity index (χ1n) is 10.6. The van der Waals surface area contributed by atoms with Crippen LogP contribution in [0.2, 0.25) is 0 Å². The molecular formula is C22H34N2O6. The second-order valence-corrected chi connectivity index (χ2v) is 8.51. The fraction of sp³-hybridized carbons (Fsp3) is 0.636. The highest BCUT2D eigenvalue weighted by atomic mass is 16.7. The Bertz CT molecular complexity index is 813. The predicted octanol–water partition coefficient (Wildman–Crippen LogP) is 1.01. The summed E-state index contributed by atoms with van der Waals surface area (Å²) in [4.78, 5) is 5.72. The molecular weight excluding hydrogens is 388 g/mol. The van der Waals surface area contributed by atoms with Crippen molar-refractivity contribution in [1.82, 2.24) is 9.88 Å². The van der Waals surface area contributed by atoms with E-state index in [0.29, 0.717) is 17.8 Å². The molecule has 1 saturated heterocycles. The number of nitrogens with zero attached hydrogens (tertiary/aromatic N) is 1. The fourth-order valence-electron chi connectivity index (χ4n) is 4.10. The summed E-state index contributed by atoms with van der Waals surface area (Å²) in [6, 6.07) is 6.43. The van der Waals surface area contributed by atoms with Crippen LogP contribution in [0.5, 0.6) is 5.75 Å². The van der Waals surface area contributed by atoms with Crippen LogP contribution in [0, 0.1) is 0 Å². The zero-order valence-corrected chi connectivity index (χ0v) is 18.0. The highest BCUT2D eigenvalue weighted by molar-refractivity contribution is 5.84. The number of aromatic nitrogens is 1. The van der Waals surface area contributed by atoms with Gasteiger partial charge in [-0.1, -0.05) is 0 Å². The molecule has 1 aromatic carbocycles. The van der Waals surface area contributed by atoms with Gasteiger partial charge in [-0.3, -0.25) is 4.90 Å². The number of rotatable bonds is 8. The van der Waals surface area contributed by atoms with Crippen LogP contribution in [0.1, 0.15) is 33.3 Å². The van der Waals surface area contributed by atoms with Crippen molar-refractivity contribution in [1.29, 1.82) is 0 Å². The zero-order valence-electron chi connectivity index (χ0n) is 18.0. The topological polar surface area (TPSA) is 118 Å². The number of aromatic amines is 1. The van der Waals surface area contributed by atoms with Crippen LogP contribution in [-0.4, -0.2) is 86.3 Å². The number of hydrogen-bond acceptors (Lipinski definition) is 7. The van der Waals surface area contributed by atoms with Crippen LogP contribution < -0.4 is 4.74 Å². The molecule has 0 radical (unpaired) electrons. The first-order chi connectivity index (χ1) is 14.2. The van der Waals surface area contributed by atoms with Crippen LogP contribution in [0.4, 0.5) is 0 Å². The summed E-state index contributed by atoms with van der Waals surface area (Å²) in [6.07, 6.45) is -3.63. The lowest BCUT2D eigenvalue weighted by Gasteiger charge is -2.39. The Kier molecular flexibility index (Phi) is 7.38. The van der Waals surface area contributed by atoms with E-state index in [4.69, 9.17) is 9.47 Å². The van der Waals surface area contributed by atoms with E-state index in [1.54, 1.807) is 6.07 Å². The third-order valence-electron chi connectivity index (χ3n) is 5.81. The van der Waals surface area contributed by atoms with Gasteiger partial charge < -0.3 is 34.9 Å². The van der Waals surface area contributed by atoms with Crippen molar-refractivity contribution in [3.63, 3.8) is 0 Å². The van der Waals surface area contributed by atoms with Gasteiger partial charge in [-0.2, -0.15) is 0 Å². The van der Waals surface area contributed by atoms with Crippen molar-refractivity contribution in [3.8, 4) is 5.75 Å². The first kappa shape index (κ1) is 23.0. The summed E-state index contributed by atoms with van der Waals surface area (Å²) < 4.78 is 11.2. The standard InChI is InChI=1S/C22H34N2O6/c1-12(2)24(13(3)4)8-7-14-10-23-17-6-5-15(9-16(14)17)29-22-21(28)20(27)19(26)18(11-25)30-22/h5-6,9-10,12-13,18-23,25-28H,7-8,11H2,1-4H3. The molecule has 2 heterocycles. The van der Waals surface area contributed by atoms with E-state index in [0.717, 1.165) is 29.4 Å². The Morgan fingerprint density at radius 3 is 2.40 bits per heavy atom. The maximum atomic E-state index is 10.2. The van der Waals surface area contributed by atoms with Crippen molar-refractivity contribution >= 4 is 10.9 Å². The number of aliphatic hydroxyl groups excluding tert-OH is 4. The molecule has 3 rings (SSSR count). The van der Waals surface area contributed by atoms with Crippen LogP contribution in [-0.2, 0) is 11.2 Å². The number of fused-ring (bicyclic) bond motifs is 1. The summed E-state index contributed by atoms with van der Waals surface area (Å²) in [6.45, 7) is 9.22. The average Bonchev–Trinajstić information content (AvgIpc) is 3.10. The first-order valence-corrected chi connectivity index (χ1v) is 10.6. The van der Waals surface area contributed by atoms with Gasteiger partial charge in [0.15, 0.2) is 0 Å². The molecule has 0 amide bonds. The molecule has 1 aromatic heterocycles. The lowest BCUT2D eigenvalue weighted by Crippen LogP contribution is -2.60. The number of nitrogens with one attached hydrogen (secondary N) is 1. The van der Waals surface area contributed by atoms with E-state index in [2.05, 4.69) is 37.6 Å². The molecule has 168 valence electrons. The van der Waals surface area contributed by atoms with Crippen LogP contribution in [0.15, 0.2) is 24.4 Å². The number of aliphatic hydroxyl groups is 4. The quantitative estimate of drug-likeness (QED) is 0.431. The molecule has 5 atom stereocenters. The third kappa shape index (κ3) is 4.80. The monoisotopic (exact) mass is 422 g/mol. The Labute approximate surface area is 177 Å². The molecule has 2 aromatic rings. The minimum absolute atomic E-state index is 0.459. The molecule has 8 heteroatoms. The number of hydrogen-bond donors (Lipinski definition) is 5. The van der Waals surface area contributed by atoms with Crippen molar-refractivity contribution in [3.05, 3.63) is 30.0 Å². The molecule has 5 N–H and O–H groups in total. The Balaban J connectivity index is 1.76. The van der Waals surface area contributed by atoms with Gasteiger partial charge in [0.2, 0.25) is 6.29 Å². The Morgan fingerprint density at radius 2 is 1.77 bits per heavy atom. The van der Waals surface area contributed by atoms with Gasteiger partial charge in [-0.15, -0.1) is 0 Å². The van der Waals surface area contributed by atoms with Crippen LogP contribution in [0.3, 0.4) is 0 Å². The van der Waals surface area contributed by atoms with Gasteiger partial charge in [0, 0.05) is 35.7 Å². The summed E-state index contributed by atoms with van der Waals surface area (Å²) in [5.41, 5.74) is 2.14. The van der Waals surface area contributed by atoms with Gasteiger partial charge >= 0.3 is 0 Å². The normalized spacial score (nSPS) is 27.5. The lowest BCUT2D eigenvalue weighted by atomic mass is 9.99. The molecule has 0 bridgehead atoms. The Hall–Kier alpha value is -1.68. The van der Waals surface area contributed by atoms with Gasteiger partial charge in [-0.25, -0.2) is 0 Å². The van der Waals surface area contributed by atoms with Crippen molar-refractivity contribution < 1.29 is 29.9 Å². The van der Waals surface area contributed by atoms with Crippen molar-refractivity contribution in [2.45, 2.75) is 76.9 Å². The van der Waals surface area contributed by atoms with Crippen molar-refractivity contribution in [2.24, 2.45) is 0 Å². The molecule has 0 saturated carbocycles. The lowest BCUT2D eigenvalue weighted by molar-refractivity contribution is -0.277. The van der Waals surface area contributed by atoms with E-state index in [1.165, 1.54) is 0 Å². The molecule has 0 aliphatic carbocycles. The molecule has 1 fully saturated rings. The van der Waals surface area contributed by atoms with Gasteiger partial charge in [0.25, 0.3) is 0 Å². The van der Waals surface area contributed by atoms with Gasteiger partial charge in [-0.05, 0) is 57.9 Å². The molecule has 30 heavy (non-hydrogen) atoms. The van der Waals surface area contributed by atoms with Crippen LogP contribution >= 0.6 is 0 Å². The summed E-state index contributed by atoms with van der Waals surface area (Å²) in [5, 5.41) is 40.4. The van der Waals surface area contributed by atoms with E-state index in [-0.39, 0.29) is 0 Å². The minimum Gasteiger partial charge on any atom is -0.462 e. The van der Waals surface area contributed by atoms with E-state index < -0.39 is 37.3 Å². The van der Waals surface area contributed by atoms with Gasteiger partial charge in [0.1, 0.15) is 30.2 Å². The van der Waals surface area contributed by atoms with Gasteiger partial charge in [0.05, 0.1) is 6.61 Å². The summed E-state index contributed by atoms with van der Waals surface area (Å²) in [7, 11) is 0. The van der Waals surface area contributed by atoms with E-state index in [1.807, 2.05) is 18.3 Å². The zero-order chi connectivity index (χ0) is 22.0. The Morgan fingerprint density at radius 1 is 1.07 bits per heavy atom. The summed E-state index contributed by atoms with van der Waals surface area (Å²) in [5.74, 6) is 0.470. The molecule has 1 aliphatic rings. The number of H-pyrrole nitrogens is 1. The fourth-order valence-corrected chi connectivity index (χ4v) is 4.10.